The van der Waals surface area contributed by atoms with Crippen LogP contribution < -0.4 is 5.32 Å². The summed E-state index contributed by atoms with van der Waals surface area (Å²) in [7, 11) is 0. The molecule has 0 radical (unpaired) electrons. The third-order valence-electron chi connectivity index (χ3n) is 4.96. The van der Waals surface area contributed by atoms with E-state index >= 15 is 0 Å². The summed E-state index contributed by atoms with van der Waals surface area (Å²) in [5.41, 5.74) is 0. The minimum Gasteiger partial charge on any atom is -0.339 e. The second kappa shape index (κ2) is 7.96. The van der Waals surface area contributed by atoms with Gasteiger partial charge in [0, 0.05) is 38.0 Å². The van der Waals surface area contributed by atoms with E-state index in [0.29, 0.717) is 30.7 Å². The molecule has 0 saturated carbocycles. The molecule has 7 heteroatoms. The molecule has 1 unspecified atom stereocenters. The monoisotopic (exact) mass is 335 g/mol. The summed E-state index contributed by atoms with van der Waals surface area (Å²) in [4.78, 5) is 21.1. The van der Waals surface area contributed by atoms with Crippen LogP contribution in [0.2, 0.25) is 0 Å². The maximum Gasteiger partial charge on any atom is 0.317 e. The lowest BCUT2D eigenvalue weighted by atomic mass is 10.1. The number of hydrogen-bond donors (Lipinski definition) is 1. The van der Waals surface area contributed by atoms with E-state index in [9.17, 15) is 4.79 Å². The number of likely N-dealkylation sites (tertiary alicyclic amines) is 2. The van der Waals surface area contributed by atoms with Crippen molar-refractivity contribution in [3.63, 3.8) is 0 Å². The highest BCUT2D eigenvalue weighted by molar-refractivity contribution is 5.74. The highest BCUT2D eigenvalue weighted by Crippen LogP contribution is 2.20. The Morgan fingerprint density at radius 1 is 1.29 bits per heavy atom. The molecule has 0 aromatic carbocycles. The fraction of sp³-hybridized carbons (Fsp3) is 0.824. The highest BCUT2D eigenvalue weighted by Gasteiger charge is 2.30. The topological polar surface area (TPSA) is 74.5 Å². The number of urea groups is 1. The van der Waals surface area contributed by atoms with Crippen molar-refractivity contribution in [2.75, 3.05) is 32.7 Å². The first kappa shape index (κ1) is 17.2. The van der Waals surface area contributed by atoms with E-state index in [1.165, 1.54) is 32.4 Å². The van der Waals surface area contributed by atoms with Crippen LogP contribution in [0.15, 0.2) is 4.52 Å². The van der Waals surface area contributed by atoms with Crippen LogP contribution in [0.4, 0.5) is 4.79 Å². The molecule has 2 fully saturated rings. The molecule has 2 aliphatic rings. The minimum atomic E-state index is 0.0297. The van der Waals surface area contributed by atoms with Crippen LogP contribution >= 0.6 is 0 Å². The van der Waals surface area contributed by atoms with Crippen molar-refractivity contribution in [2.24, 2.45) is 0 Å². The second-order valence-corrected chi connectivity index (χ2v) is 7.17. The zero-order chi connectivity index (χ0) is 16.9. The SMILES string of the molecule is CC(C)c1nc(CCNC(=O)N2CCC(N3CCCCC3)C2)no1. The largest absolute Gasteiger partial charge is 0.339 e. The normalized spacial score (nSPS) is 22.3. The first-order valence-corrected chi connectivity index (χ1v) is 9.23. The predicted octanol–water partition coefficient (Wildman–Crippen LogP) is 2.01. The molecule has 0 aliphatic carbocycles. The Kier molecular flexibility index (Phi) is 5.71. The minimum absolute atomic E-state index is 0.0297. The van der Waals surface area contributed by atoms with E-state index in [1.54, 1.807) is 0 Å². The van der Waals surface area contributed by atoms with Gasteiger partial charge in [0.1, 0.15) is 0 Å². The maximum absolute atomic E-state index is 12.3. The van der Waals surface area contributed by atoms with E-state index in [1.807, 2.05) is 18.7 Å². The third kappa shape index (κ3) is 4.26. The van der Waals surface area contributed by atoms with Crippen LogP contribution in [-0.4, -0.2) is 64.7 Å². The van der Waals surface area contributed by atoms with E-state index < -0.39 is 0 Å². The number of aromatic nitrogens is 2. The Bertz CT molecular complexity index is 539. The van der Waals surface area contributed by atoms with Crippen molar-refractivity contribution in [3.05, 3.63) is 11.7 Å². The van der Waals surface area contributed by atoms with E-state index in [0.717, 1.165) is 19.5 Å². The quantitative estimate of drug-likeness (QED) is 0.891. The van der Waals surface area contributed by atoms with Crippen molar-refractivity contribution in [1.29, 1.82) is 0 Å². The van der Waals surface area contributed by atoms with Crippen molar-refractivity contribution in [3.8, 4) is 0 Å². The maximum atomic E-state index is 12.3. The fourth-order valence-electron chi connectivity index (χ4n) is 3.50. The lowest BCUT2D eigenvalue weighted by Gasteiger charge is -2.32. The van der Waals surface area contributed by atoms with Crippen LogP contribution in [0.5, 0.6) is 0 Å². The molecule has 0 spiro atoms. The summed E-state index contributed by atoms with van der Waals surface area (Å²) in [6, 6.07) is 0.573. The zero-order valence-electron chi connectivity index (χ0n) is 14.8. The number of nitrogens with zero attached hydrogens (tertiary/aromatic N) is 4. The van der Waals surface area contributed by atoms with Gasteiger partial charge in [0.2, 0.25) is 5.89 Å². The average molecular weight is 335 g/mol. The molecule has 0 bridgehead atoms. The van der Waals surface area contributed by atoms with Crippen molar-refractivity contribution >= 4 is 6.03 Å². The molecule has 1 N–H and O–H groups in total. The van der Waals surface area contributed by atoms with Gasteiger partial charge < -0.3 is 14.7 Å². The molecule has 1 aromatic rings. The molecule has 1 atom stereocenters. The zero-order valence-corrected chi connectivity index (χ0v) is 14.8. The molecule has 24 heavy (non-hydrogen) atoms. The highest BCUT2D eigenvalue weighted by atomic mass is 16.5. The first-order valence-electron chi connectivity index (χ1n) is 9.23. The number of carbonyl (C=O) groups excluding carboxylic acids is 1. The number of carbonyl (C=O) groups is 1. The van der Waals surface area contributed by atoms with Gasteiger partial charge in [0.15, 0.2) is 5.82 Å². The summed E-state index contributed by atoms with van der Waals surface area (Å²) in [5.74, 6) is 1.55. The van der Waals surface area contributed by atoms with Crippen LogP contribution in [0.25, 0.3) is 0 Å². The lowest BCUT2D eigenvalue weighted by Crippen LogP contribution is -2.44. The molecular weight excluding hydrogens is 306 g/mol. The van der Waals surface area contributed by atoms with Gasteiger partial charge in [0.05, 0.1) is 0 Å². The van der Waals surface area contributed by atoms with Gasteiger partial charge in [-0.3, -0.25) is 4.90 Å². The summed E-state index contributed by atoms with van der Waals surface area (Å²) < 4.78 is 5.17. The standard InChI is InChI=1S/C17H29N5O2/c1-13(2)16-19-15(20-24-16)6-8-18-17(23)22-11-7-14(12-22)21-9-4-3-5-10-21/h13-14H,3-12H2,1-2H3,(H,18,23). The summed E-state index contributed by atoms with van der Waals surface area (Å²) in [6.07, 6.45) is 5.64. The Morgan fingerprint density at radius 2 is 2.08 bits per heavy atom. The number of rotatable bonds is 5. The van der Waals surface area contributed by atoms with Gasteiger partial charge in [-0.15, -0.1) is 0 Å². The van der Waals surface area contributed by atoms with E-state index in [-0.39, 0.29) is 11.9 Å². The van der Waals surface area contributed by atoms with Crippen molar-refractivity contribution in [1.82, 2.24) is 25.3 Å². The Balaban J connectivity index is 1.39. The summed E-state index contributed by atoms with van der Waals surface area (Å²) in [6.45, 7) is 8.67. The smallest absolute Gasteiger partial charge is 0.317 e. The van der Waals surface area contributed by atoms with Crippen LogP contribution in [0.1, 0.15) is 57.2 Å². The van der Waals surface area contributed by atoms with Gasteiger partial charge in [-0.25, -0.2) is 4.79 Å². The summed E-state index contributed by atoms with van der Waals surface area (Å²) in [5, 5.41) is 6.93. The second-order valence-electron chi connectivity index (χ2n) is 7.17. The first-order chi connectivity index (χ1) is 11.6. The summed E-state index contributed by atoms with van der Waals surface area (Å²) >= 11 is 0. The molecule has 2 saturated heterocycles. The number of piperidine rings is 1. The van der Waals surface area contributed by atoms with Crippen LogP contribution in [-0.2, 0) is 6.42 Å². The molecule has 2 aliphatic heterocycles. The van der Waals surface area contributed by atoms with Crippen LogP contribution in [0.3, 0.4) is 0 Å². The van der Waals surface area contributed by atoms with Gasteiger partial charge in [-0.05, 0) is 32.4 Å². The predicted molar refractivity (Wildman–Crippen MR) is 90.9 cm³/mol. The number of hydrogen-bond acceptors (Lipinski definition) is 5. The van der Waals surface area contributed by atoms with Crippen LogP contribution in [0, 0.1) is 0 Å². The van der Waals surface area contributed by atoms with Gasteiger partial charge >= 0.3 is 6.03 Å². The molecule has 7 nitrogen and oxygen atoms in total. The van der Waals surface area contributed by atoms with Gasteiger partial charge in [-0.2, -0.15) is 4.98 Å². The lowest BCUT2D eigenvalue weighted by molar-refractivity contribution is 0.161. The Hall–Kier alpha value is -1.63. The Labute approximate surface area is 143 Å². The van der Waals surface area contributed by atoms with E-state index in [4.69, 9.17) is 4.52 Å². The molecule has 2 amide bonds. The van der Waals surface area contributed by atoms with Crippen molar-refractivity contribution < 1.29 is 9.32 Å². The number of nitrogens with one attached hydrogen (secondary N) is 1. The molecule has 1 aromatic heterocycles. The van der Waals surface area contributed by atoms with E-state index in [2.05, 4.69) is 20.4 Å². The molecule has 134 valence electrons. The Morgan fingerprint density at radius 3 is 2.79 bits per heavy atom. The van der Waals surface area contributed by atoms with Gasteiger partial charge in [0.25, 0.3) is 0 Å². The third-order valence-corrected chi connectivity index (χ3v) is 4.96. The average Bonchev–Trinajstić information content (AvgIpc) is 3.25. The molecule has 3 rings (SSSR count). The number of amides is 2. The molecule has 3 heterocycles. The van der Waals surface area contributed by atoms with Crippen molar-refractivity contribution in [2.45, 2.75) is 57.9 Å². The van der Waals surface area contributed by atoms with Gasteiger partial charge in [-0.1, -0.05) is 25.4 Å². The fourth-order valence-corrected chi connectivity index (χ4v) is 3.50. The molecular formula is C17H29N5O2.